The molecule has 0 radical (unpaired) electrons. The Morgan fingerprint density at radius 1 is 1.19 bits per heavy atom. The minimum absolute atomic E-state index is 0.231. The maximum Gasteiger partial charge on any atom is 0.191 e. The monoisotopic (exact) mass is 347 g/mol. The lowest BCUT2D eigenvalue weighted by atomic mass is 9.96. The summed E-state index contributed by atoms with van der Waals surface area (Å²) in [7, 11) is -1.69. The van der Waals surface area contributed by atoms with Gasteiger partial charge < -0.3 is 10.2 Å². The summed E-state index contributed by atoms with van der Waals surface area (Å²) in [4.78, 5) is 0. The van der Waals surface area contributed by atoms with E-state index in [4.69, 9.17) is 33.4 Å². The van der Waals surface area contributed by atoms with Crippen LogP contribution >= 0.6 is 23.2 Å². The predicted octanol–water partition coefficient (Wildman–Crippen LogP) is 5.45. The van der Waals surface area contributed by atoms with Crippen molar-refractivity contribution < 1.29 is 4.43 Å². The molecular weight excluding hydrogens is 321 g/mol. The molecule has 1 unspecified atom stereocenters. The fraction of sp³-hybridized carbons (Fsp3) is 0.625. The maximum atomic E-state index is 6.23. The molecule has 2 nitrogen and oxygen atoms in total. The third-order valence-corrected chi connectivity index (χ3v) is 9.71. The number of halogens is 2. The molecule has 1 atom stereocenters. The van der Waals surface area contributed by atoms with Gasteiger partial charge in [-0.3, -0.25) is 0 Å². The normalized spacial score (nSPS) is 14.3. The van der Waals surface area contributed by atoms with Gasteiger partial charge in [-0.15, -0.1) is 0 Å². The lowest BCUT2D eigenvalue weighted by molar-refractivity contribution is 0.272. The Morgan fingerprint density at radius 2 is 1.81 bits per heavy atom. The summed E-state index contributed by atoms with van der Waals surface area (Å²) in [6.45, 7) is 12.6. The van der Waals surface area contributed by atoms with Crippen molar-refractivity contribution in [3.63, 3.8) is 0 Å². The van der Waals surface area contributed by atoms with Crippen LogP contribution in [0.3, 0.4) is 0 Å². The van der Waals surface area contributed by atoms with E-state index in [0.29, 0.717) is 16.6 Å². The molecule has 0 fully saturated rings. The van der Waals surface area contributed by atoms with Crippen molar-refractivity contribution in [2.24, 2.45) is 5.73 Å². The molecule has 0 bridgehead atoms. The Balaban J connectivity index is 2.65. The largest absolute Gasteiger partial charge is 0.417 e. The molecule has 0 spiro atoms. The summed E-state index contributed by atoms with van der Waals surface area (Å²) in [5, 5.41) is 1.39. The van der Waals surface area contributed by atoms with Crippen molar-refractivity contribution in [2.75, 3.05) is 13.2 Å². The Labute approximate surface area is 140 Å². The molecule has 21 heavy (non-hydrogen) atoms. The van der Waals surface area contributed by atoms with Crippen molar-refractivity contribution in [3.05, 3.63) is 33.8 Å². The molecule has 0 saturated carbocycles. The van der Waals surface area contributed by atoms with Gasteiger partial charge in [0.2, 0.25) is 0 Å². The Kier molecular flexibility index (Phi) is 6.75. The lowest BCUT2D eigenvalue weighted by Gasteiger charge is -2.36. The molecule has 0 saturated heterocycles. The van der Waals surface area contributed by atoms with Gasteiger partial charge in [0, 0.05) is 6.61 Å². The number of benzene rings is 1. The highest BCUT2D eigenvalue weighted by Gasteiger charge is 2.37. The molecule has 0 amide bonds. The van der Waals surface area contributed by atoms with Crippen LogP contribution < -0.4 is 5.73 Å². The highest BCUT2D eigenvalue weighted by atomic mass is 35.5. The zero-order valence-corrected chi connectivity index (χ0v) is 16.2. The molecule has 1 rings (SSSR count). The minimum Gasteiger partial charge on any atom is -0.417 e. The van der Waals surface area contributed by atoms with Gasteiger partial charge in [-0.25, -0.2) is 0 Å². The molecule has 1 aromatic carbocycles. The summed E-state index contributed by atoms with van der Waals surface area (Å²) in [5.41, 5.74) is 7.04. The zero-order chi connectivity index (χ0) is 16.3. The molecule has 2 N–H and O–H groups in total. The van der Waals surface area contributed by atoms with Gasteiger partial charge in [-0.2, -0.15) is 0 Å². The number of hydrogen-bond acceptors (Lipinski definition) is 2. The highest BCUT2D eigenvalue weighted by Crippen LogP contribution is 2.37. The first kappa shape index (κ1) is 19.0. The van der Waals surface area contributed by atoms with Crippen LogP contribution in [-0.2, 0) is 4.43 Å². The van der Waals surface area contributed by atoms with Crippen LogP contribution in [0.5, 0.6) is 0 Å². The van der Waals surface area contributed by atoms with Gasteiger partial charge >= 0.3 is 0 Å². The molecule has 0 aromatic heterocycles. The van der Waals surface area contributed by atoms with E-state index in [9.17, 15) is 0 Å². The standard InChI is InChI=1S/C16H27Cl2NOSi/c1-16(2,3)21(4,5)20-9-8-13(11-19)12-6-7-14(17)15(18)10-12/h6-7,10,13H,8-9,11,19H2,1-5H3. The van der Waals surface area contributed by atoms with Gasteiger partial charge in [0.15, 0.2) is 8.32 Å². The molecule has 0 heterocycles. The van der Waals surface area contributed by atoms with Gasteiger partial charge in [0.05, 0.1) is 10.0 Å². The second kappa shape index (κ2) is 7.47. The average Bonchev–Trinajstić information content (AvgIpc) is 2.37. The van der Waals surface area contributed by atoms with Crippen LogP contribution in [0, 0.1) is 0 Å². The summed E-state index contributed by atoms with van der Waals surface area (Å²) < 4.78 is 6.23. The lowest BCUT2D eigenvalue weighted by Crippen LogP contribution is -2.41. The summed E-state index contributed by atoms with van der Waals surface area (Å²) >= 11 is 12.0. The van der Waals surface area contributed by atoms with Crippen molar-refractivity contribution in [1.29, 1.82) is 0 Å². The van der Waals surface area contributed by atoms with E-state index in [1.165, 1.54) is 0 Å². The zero-order valence-electron chi connectivity index (χ0n) is 13.7. The Hall–Kier alpha value is -0.0631. The van der Waals surface area contributed by atoms with Gasteiger partial charge in [0.1, 0.15) is 0 Å². The molecule has 1 aromatic rings. The Morgan fingerprint density at radius 3 is 2.29 bits per heavy atom. The average molecular weight is 348 g/mol. The molecule has 0 aliphatic rings. The van der Waals surface area contributed by atoms with E-state index in [0.717, 1.165) is 18.6 Å². The van der Waals surface area contributed by atoms with Crippen LogP contribution in [0.2, 0.25) is 28.2 Å². The fourth-order valence-corrected chi connectivity index (χ4v) is 3.23. The highest BCUT2D eigenvalue weighted by molar-refractivity contribution is 6.74. The summed E-state index contributed by atoms with van der Waals surface area (Å²) in [6, 6.07) is 5.74. The van der Waals surface area contributed by atoms with E-state index >= 15 is 0 Å². The van der Waals surface area contributed by atoms with Gasteiger partial charge in [-0.05, 0) is 54.7 Å². The number of nitrogens with two attached hydrogens (primary N) is 1. The third kappa shape index (κ3) is 5.26. The first-order valence-corrected chi connectivity index (χ1v) is 11.0. The molecule has 5 heteroatoms. The first-order valence-electron chi connectivity index (χ1n) is 7.37. The van der Waals surface area contributed by atoms with Gasteiger partial charge in [-0.1, -0.05) is 50.0 Å². The van der Waals surface area contributed by atoms with Crippen molar-refractivity contribution in [1.82, 2.24) is 0 Å². The topological polar surface area (TPSA) is 35.2 Å². The van der Waals surface area contributed by atoms with Crippen LogP contribution in [0.15, 0.2) is 18.2 Å². The summed E-state index contributed by atoms with van der Waals surface area (Å²) in [5.74, 6) is 0.254. The maximum absolute atomic E-state index is 6.23. The number of hydrogen-bond donors (Lipinski definition) is 1. The third-order valence-electron chi connectivity index (χ3n) is 4.43. The van der Waals surface area contributed by atoms with Crippen molar-refractivity contribution >= 4 is 31.5 Å². The summed E-state index contributed by atoms with van der Waals surface area (Å²) in [6.07, 6.45) is 0.904. The SMILES string of the molecule is CC(C)(C)[Si](C)(C)OCCC(CN)c1ccc(Cl)c(Cl)c1. The molecule has 0 aliphatic carbocycles. The second-order valence-corrected chi connectivity index (χ2v) is 12.6. The van der Waals surface area contributed by atoms with Crippen LogP contribution in [-0.4, -0.2) is 21.5 Å². The smallest absolute Gasteiger partial charge is 0.191 e. The first-order chi connectivity index (χ1) is 9.58. The molecular formula is C16H27Cl2NOSi. The fourth-order valence-electron chi connectivity index (χ4n) is 1.86. The van der Waals surface area contributed by atoms with Crippen molar-refractivity contribution in [3.8, 4) is 0 Å². The van der Waals surface area contributed by atoms with E-state index in [1.54, 1.807) is 0 Å². The van der Waals surface area contributed by atoms with E-state index in [1.807, 2.05) is 18.2 Å². The quantitative estimate of drug-likeness (QED) is 0.694. The van der Waals surface area contributed by atoms with E-state index in [-0.39, 0.29) is 11.0 Å². The number of rotatable bonds is 6. The van der Waals surface area contributed by atoms with Gasteiger partial charge in [0.25, 0.3) is 0 Å². The molecule has 0 aliphatic heterocycles. The van der Waals surface area contributed by atoms with E-state index in [2.05, 4.69) is 33.9 Å². The van der Waals surface area contributed by atoms with Crippen LogP contribution in [0.1, 0.15) is 38.7 Å². The molecule has 120 valence electrons. The van der Waals surface area contributed by atoms with E-state index < -0.39 is 8.32 Å². The van der Waals surface area contributed by atoms with Crippen LogP contribution in [0.4, 0.5) is 0 Å². The Bertz CT molecular complexity index is 472. The van der Waals surface area contributed by atoms with Crippen molar-refractivity contribution in [2.45, 2.75) is 51.2 Å². The predicted molar refractivity (Wildman–Crippen MR) is 96.0 cm³/mol. The van der Waals surface area contributed by atoms with Crippen LogP contribution in [0.25, 0.3) is 0 Å². The second-order valence-electron chi connectivity index (χ2n) is 7.00. The minimum atomic E-state index is -1.69.